The molecule has 0 aliphatic heterocycles. The maximum absolute atomic E-state index is 12.5. The van der Waals surface area contributed by atoms with Crippen molar-refractivity contribution in [2.24, 2.45) is 0 Å². The van der Waals surface area contributed by atoms with E-state index in [1.807, 2.05) is 0 Å². The van der Waals surface area contributed by atoms with Crippen LogP contribution in [0, 0.1) is 0 Å². The molecule has 82 valence electrons. The van der Waals surface area contributed by atoms with Crippen LogP contribution in [-0.2, 0) is 6.18 Å². The molecule has 0 fully saturated rings. The molecule has 0 radical (unpaired) electrons. The second-order valence-electron chi connectivity index (χ2n) is 2.92. The monoisotopic (exact) mass is 280 g/mol. The Kier molecular flexibility index (Phi) is 3.57. The van der Waals surface area contributed by atoms with E-state index >= 15 is 0 Å². The summed E-state index contributed by atoms with van der Waals surface area (Å²) in [5, 5.41) is 9.31. The molecule has 0 bridgehead atoms. The van der Waals surface area contributed by atoms with Gasteiger partial charge in [-0.2, -0.15) is 13.2 Å². The van der Waals surface area contributed by atoms with Gasteiger partial charge in [-0.05, 0) is 17.7 Å². The number of benzene rings is 1. The fourth-order valence-corrected chi connectivity index (χ4v) is 1.55. The minimum atomic E-state index is -4.43. The minimum absolute atomic E-state index is 0.0463. The van der Waals surface area contributed by atoms with Crippen LogP contribution in [0.5, 0.6) is 0 Å². The molecule has 0 spiro atoms. The SMILES string of the molecule is C=CC(O)c1ccc(Br)c(C(F)(F)F)c1. The minimum Gasteiger partial charge on any atom is -0.384 e. The van der Waals surface area contributed by atoms with Crippen molar-refractivity contribution in [1.82, 2.24) is 0 Å². The van der Waals surface area contributed by atoms with Crippen LogP contribution in [0.3, 0.4) is 0 Å². The Morgan fingerprint density at radius 2 is 2.00 bits per heavy atom. The van der Waals surface area contributed by atoms with Gasteiger partial charge in [0.1, 0.15) is 0 Å². The first kappa shape index (κ1) is 12.3. The predicted molar refractivity (Wildman–Crippen MR) is 54.3 cm³/mol. The van der Waals surface area contributed by atoms with Crippen molar-refractivity contribution < 1.29 is 18.3 Å². The molecule has 0 aromatic heterocycles. The molecular weight excluding hydrogens is 273 g/mol. The number of hydrogen-bond donors (Lipinski definition) is 1. The van der Waals surface area contributed by atoms with Gasteiger partial charge in [-0.1, -0.05) is 28.1 Å². The number of alkyl halides is 3. The van der Waals surface area contributed by atoms with Crippen molar-refractivity contribution in [2.45, 2.75) is 12.3 Å². The molecule has 0 aliphatic rings. The van der Waals surface area contributed by atoms with Gasteiger partial charge < -0.3 is 5.11 Å². The summed E-state index contributed by atoms with van der Waals surface area (Å²) in [5.41, 5.74) is -0.638. The first-order chi connectivity index (χ1) is 6.86. The Morgan fingerprint density at radius 1 is 1.40 bits per heavy atom. The molecule has 1 nitrogen and oxygen atoms in total. The molecule has 1 N–H and O–H groups in total. The standard InChI is InChI=1S/C10H8BrF3O/c1-2-9(15)6-3-4-8(11)7(5-6)10(12,13)14/h2-5,9,15H,1H2. The van der Waals surface area contributed by atoms with Gasteiger partial charge in [-0.25, -0.2) is 0 Å². The molecule has 0 heterocycles. The molecule has 0 aliphatic carbocycles. The van der Waals surface area contributed by atoms with Gasteiger partial charge in [0.2, 0.25) is 0 Å². The zero-order valence-electron chi connectivity index (χ0n) is 7.55. The fraction of sp³-hybridized carbons (Fsp3) is 0.200. The van der Waals surface area contributed by atoms with Crippen LogP contribution < -0.4 is 0 Å². The highest BCUT2D eigenvalue weighted by Gasteiger charge is 2.33. The highest BCUT2D eigenvalue weighted by Crippen LogP contribution is 2.36. The number of rotatable bonds is 2. The van der Waals surface area contributed by atoms with Crippen LogP contribution in [0.25, 0.3) is 0 Å². The van der Waals surface area contributed by atoms with E-state index < -0.39 is 17.8 Å². The second-order valence-corrected chi connectivity index (χ2v) is 3.77. The lowest BCUT2D eigenvalue weighted by Crippen LogP contribution is -2.07. The zero-order valence-corrected chi connectivity index (χ0v) is 9.14. The third-order valence-electron chi connectivity index (χ3n) is 1.86. The third-order valence-corrected chi connectivity index (χ3v) is 2.55. The van der Waals surface area contributed by atoms with Gasteiger partial charge in [0.05, 0.1) is 11.7 Å². The summed E-state index contributed by atoms with van der Waals surface area (Å²) in [4.78, 5) is 0. The Balaban J connectivity index is 3.22. The lowest BCUT2D eigenvalue weighted by atomic mass is 10.1. The summed E-state index contributed by atoms with van der Waals surface area (Å²) in [5.74, 6) is 0. The van der Waals surface area contributed by atoms with Gasteiger partial charge in [-0.3, -0.25) is 0 Å². The maximum atomic E-state index is 12.5. The molecule has 0 saturated carbocycles. The summed E-state index contributed by atoms with van der Waals surface area (Å²) < 4.78 is 37.3. The Hall–Kier alpha value is -0.810. The molecule has 1 rings (SSSR count). The summed E-state index contributed by atoms with van der Waals surface area (Å²) >= 11 is 2.81. The highest BCUT2D eigenvalue weighted by molar-refractivity contribution is 9.10. The quantitative estimate of drug-likeness (QED) is 0.820. The van der Waals surface area contributed by atoms with Crippen molar-refractivity contribution in [2.75, 3.05) is 0 Å². The average Bonchev–Trinajstić information content (AvgIpc) is 2.15. The summed E-state index contributed by atoms with van der Waals surface area (Å²) in [6, 6.07) is 3.56. The van der Waals surface area contributed by atoms with E-state index in [4.69, 9.17) is 0 Å². The normalized spacial score (nSPS) is 13.7. The molecule has 15 heavy (non-hydrogen) atoms. The number of aliphatic hydroxyl groups excluding tert-OH is 1. The third kappa shape index (κ3) is 2.82. The number of hydrogen-bond acceptors (Lipinski definition) is 1. The molecule has 0 saturated heterocycles. The van der Waals surface area contributed by atoms with E-state index in [-0.39, 0.29) is 10.0 Å². The second kappa shape index (κ2) is 4.37. The maximum Gasteiger partial charge on any atom is 0.417 e. The van der Waals surface area contributed by atoms with Crippen molar-refractivity contribution in [3.63, 3.8) is 0 Å². The summed E-state index contributed by atoms with van der Waals surface area (Å²) in [6.07, 6.45) is -4.35. The van der Waals surface area contributed by atoms with Crippen molar-refractivity contribution in [3.8, 4) is 0 Å². The molecule has 5 heteroatoms. The fourth-order valence-electron chi connectivity index (χ4n) is 1.08. The van der Waals surface area contributed by atoms with Gasteiger partial charge in [-0.15, -0.1) is 6.58 Å². The van der Waals surface area contributed by atoms with Crippen LogP contribution >= 0.6 is 15.9 Å². The first-order valence-electron chi connectivity index (χ1n) is 4.03. The van der Waals surface area contributed by atoms with E-state index in [9.17, 15) is 18.3 Å². The molecule has 1 aromatic carbocycles. The van der Waals surface area contributed by atoms with Gasteiger partial charge >= 0.3 is 6.18 Å². The van der Waals surface area contributed by atoms with Crippen LogP contribution in [0.15, 0.2) is 35.3 Å². The van der Waals surface area contributed by atoms with Crippen LogP contribution in [0.1, 0.15) is 17.2 Å². The number of halogens is 4. The van der Waals surface area contributed by atoms with E-state index in [2.05, 4.69) is 22.5 Å². The lowest BCUT2D eigenvalue weighted by molar-refractivity contribution is -0.138. The van der Waals surface area contributed by atoms with Gasteiger partial charge in [0.25, 0.3) is 0 Å². The molecule has 1 aromatic rings. The zero-order chi connectivity index (χ0) is 11.6. The largest absolute Gasteiger partial charge is 0.417 e. The van der Waals surface area contributed by atoms with Crippen LogP contribution in [0.4, 0.5) is 13.2 Å². The van der Waals surface area contributed by atoms with Gasteiger partial charge in [0.15, 0.2) is 0 Å². The topological polar surface area (TPSA) is 20.2 Å². The molecule has 0 amide bonds. The van der Waals surface area contributed by atoms with Crippen molar-refractivity contribution in [1.29, 1.82) is 0 Å². The Bertz CT molecular complexity index is 373. The predicted octanol–water partition coefficient (Wildman–Crippen LogP) is 3.69. The Labute approximate surface area is 93.4 Å². The Morgan fingerprint density at radius 3 is 2.47 bits per heavy atom. The van der Waals surface area contributed by atoms with E-state index in [1.165, 1.54) is 18.2 Å². The summed E-state index contributed by atoms with van der Waals surface area (Å²) in [7, 11) is 0. The average molecular weight is 281 g/mol. The van der Waals surface area contributed by atoms with E-state index in [1.54, 1.807) is 0 Å². The highest BCUT2D eigenvalue weighted by atomic mass is 79.9. The lowest BCUT2D eigenvalue weighted by Gasteiger charge is -2.12. The van der Waals surface area contributed by atoms with Crippen LogP contribution in [-0.4, -0.2) is 5.11 Å². The summed E-state index contributed by atoms with van der Waals surface area (Å²) in [6.45, 7) is 3.31. The first-order valence-corrected chi connectivity index (χ1v) is 4.83. The number of aliphatic hydroxyl groups is 1. The smallest absolute Gasteiger partial charge is 0.384 e. The van der Waals surface area contributed by atoms with Crippen molar-refractivity contribution >= 4 is 15.9 Å². The molecule has 1 atom stereocenters. The van der Waals surface area contributed by atoms with E-state index in [0.29, 0.717) is 0 Å². The molecule has 1 unspecified atom stereocenters. The van der Waals surface area contributed by atoms with Crippen molar-refractivity contribution in [3.05, 3.63) is 46.5 Å². The van der Waals surface area contributed by atoms with Crippen LogP contribution in [0.2, 0.25) is 0 Å². The van der Waals surface area contributed by atoms with Gasteiger partial charge in [0, 0.05) is 4.47 Å². The van der Waals surface area contributed by atoms with E-state index in [0.717, 1.165) is 6.07 Å². The molecular formula is C10H8BrF3O.